The first-order chi connectivity index (χ1) is 15.9. The van der Waals surface area contributed by atoms with E-state index < -0.39 is 17.4 Å². The number of anilines is 1. The average Bonchev–Trinajstić information content (AvgIpc) is 3.15. The smallest absolute Gasteiger partial charge is 0.324 e. The van der Waals surface area contributed by atoms with Gasteiger partial charge in [-0.1, -0.05) is 19.3 Å². The minimum absolute atomic E-state index is 0.226. The van der Waals surface area contributed by atoms with Crippen LogP contribution in [-0.4, -0.2) is 69.3 Å². The van der Waals surface area contributed by atoms with Crippen molar-refractivity contribution >= 4 is 34.4 Å². The molecule has 2 aromatic rings. The molecule has 1 unspecified atom stereocenters. The summed E-state index contributed by atoms with van der Waals surface area (Å²) >= 11 is 0. The van der Waals surface area contributed by atoms with E-state index in [1.54, 1.807) is 4.68 Å². The fraction of sp³-hybridized carbons (Fsp3) is 0.583. The number of fused-ring (bicyclic) bond motifs is 1. The van der Waals surface area contributed by atoms with E-state index in [1.807, 2.05) is 13.1 Å². The van der Waals surface area contributed by atoms with E-state index in [4.69, 9.17) is 0 Å². The number of benzene rings is 1. The molecule has 2 aliphatic heterocycles. The topological polar surface area (TPSA) is 108 Å². The Morgan fingerprint density at radius 3 is 2.52 bits per heavy atom. The van der Waals surface area contributed by atoms with Gasteiger partial charge in [-0.2, -0.15) is 5.10 Å². The Morgan fingerprint density at radius 1 is 1.12 bits per heavy atom. The molecule has 1 saturated carbocycles. The molecule has 2 amide bonds. The summed E-state index contributed by atoms with van der Waals surface area (Å²) in [6.45, 7) is 3.02. The Kier molecular flexibility index (Phi) is 5.60. The van der Waals surface area contributed by atoms with E-state index in [0.717, 1.165) is 80.6 Å². The highest BCUT2D eigenvalue weighted by Crippen LogP contribution is 2.36. The van der Waals surface area contributed by atoms with Crippen LogP contribution in [0.15, 0.2) is 18.2 Å². The van der Waals surface area contributed by atoms with Crippen molar-refractivity contribution in [3.8, 4) is 0 Å². The number of piperazine rings is 1. The van der Waals surface area contributed by atoms with Crippen LogP contribution in [-0.2, 0) is 21.4 Å². The van der Waals surface area contributed by atoms with Gasteiger partial charge in [-0.25, -0.2) is 0 Å². The lowest BCUT2D eigenvalue weighted by molar-refractivity contribution is -0.154. The van der Waals surface area contributed by atoms with E-state index in [0.29, 0.717) is 12.8 Å². The maximum Gasteiger partial charge on any atom is 0.324 e. The van der Waals surface area contributed by atoms with Gasteiger partial charge in [0.2, 0.25) is 11.8 Å². The van der Waals surface area contributed by atoms with Crippen LogP contribution in [0.4, 0.5) is 5.69 Å². The number of piperidine rings is 1. The molecular formula is C24H31N5O4. The number of imide groups is 1. The van der Waals surface area contributed by atoms with Gasteiger partial charge in [-0.3, -0.25) is 29.3 Å². The summed E-state index contributed by atoms with van der Waals surface area (Å²) in [5, 5.41) is 18.0. The van der Waals surface area contributed by atoms with Gasteiger partial charge in [-0.15, -0.1) is 0 Å². The zero-order chi connectivity index (χ0) is 23.2. The molecule has 0 spiro atoms. The number of carboxylic acid groups (broad SMARTS) is 1. The third-order valence-corrected chi connectivity index (χ3v) is 7.76. The van der Waals surface area contributed by atoms with Crippen molar-refractivity contribution in [2.24, 2.45) is 7.05 Å². The standard InChI is InChI=1S/C24H31N5O4/c1-27-19-15-16(5-6-17(19)21(26-27)18-7-8-20(30)25-22(18)31)28-11-13-29(14-12-28)24(23(32)33)9-3-2-4-10-24/h5-6,15,18H,2-4,7-14H2,1H3,(H,32,33)(H,25,30,31). The number of carbonyl (C=O) groups is 3. The molecule has 1 aromatic heterocycles. The molecule has 33 heavy (non-hydrogen) atoms. The van der Waals surface area contributed by atoms with Gasteiger partial charge in [0, 0.05) is 50.7 Å². The molecule has 0 radical (unpaired) electrons. The van der Waals surface area contributed by atoms with Crippen molar-refractivity contribution in [3.05, 3.63) is 23.9 Å². The molecule has 176 valence electrons. The summed E-state index contributed by atoms with van der Waals surface area (Å²) in [6.07, 6.45) is 5.39. The Bertz CT molecular complexity index is 1100. The van der Waals surface area contributed by atoms with E-state index in [2.05, 4.69) is 32.3 Å². The van der Waals surface area contributed by atoms with Gasteiger partial charge in [0.15, 0.2) is 0 Å². The monoisotopic (exact) mass is 453 g/mol. The molecule has 3 fully saturated rings. The molecule has 3 aliphatic rings. The van der Waals surface area contributed by atoms with Crippen LogP contribution in [0.2, 0.25) is 0 Å². The summed E-state index contributed by atoms with van der Waals surface area (Å²) in [7, 11) is 1.87. The normalized spacial score (nSPS) is 24.2. The molecular weight excluding hydrogens is 422 g/mol. The van der Waals surface area contributed by atoms with E-state index in [-0.39, 0.29) is 11.8 Å². The molecule has 0 bridgehead atoms. The van der Waals surface area contributed by atoms with Crippen molar-refractivity contribution in [3.63, 3.8) is 0 Å². The SMILES string of the molecule is Cn1nc(C2CCC(=O)NC2=O)c2ccc(N3CCN(C4(C(=O)O)CCCCC4)CC3)cc21. The molecule has 2 N–H and O–H groups in total. The second-order valence-electron chi connectivity index (χ2n) is 9.59. The summed E-state index contributed by atoms with van der Waals surface area (Å²) in [5.41, 5.74) is 2.04. The highest BCUT2D eigenvalue weighted by atomic mass is 16.4. The van der Waals surface area contributed by atoms with E-state index >= 15 is 0 Å². The molecule has 5 rings (SSSR count). The average molecular weight is 454 g/mol. The lowest BCUT2D eigenvalue weighted by atomic mass is 9.80. The first kappa shape index (κ1) is 21.9. The lowest BCUT2D eigenvalue weighted by Gasteiger charge is -2.47. The Labute approximate surface area is 192 Å². The van der Waals surface area contributed by atoms with Crippen LogP contribution in [0.1, 0.15) is 56.6 Å². The third-order valence-electron chi connectivity index (χ3n) is 7.76. The van der Waals surface area contributed by atoms with Crippen molar-refractivity contribution in [1.29, 1.82) is 0 Å². The molecule has 1 aromatic carbocycles. The number of hydrogen-bond donors (Lipinski definition) is 2. The lowest BCUT2D eigenvalue weighted by Crippen LogP contribution is -2.61. The second kappa shape index (κ2) is 8.44. The summed E-state index contributed by atoms with van der Waals surface area (Å²) < 4.78 is 1.80. The van der Waals surface area contributed by atoms with Crippen LogP contribution in [0, 0.1) is 0 Å². The first-order valence-electron chi connectivity index (χ1n) is 11.9. The van der Waals surface area contributed by atoms with Gasteiger partial charge in [0.05, 0.1) is 17.1 Å². The predicted molar refractivity (Wildman–Crippen MR) is 123 cm³/mol. The van der Waals surface area contributed by atoms with Crippen LogP contribution >= 0.6 is 0 Å². The van der Waals surface area contributed by atoms with Crippen LogP contribution in [0.25, 0.3) is 10.9 Å². The number of hydrogen-bond acceptors (Lipinski definition) is 6. The van der Waals surface area contributed by atoms with Gasteiger partial charge in [0.1, 0.15) is 5.54 Å². The number of aryl methyl sites for hydroxylation is 1. The van der Waals surface area contributed by atoms with Gasteiger partial charge >= 0.3 is 5.97 Å². The predicted octanol–water partition coefficient (Wildman–Crippen LogP) is 2.00. The highest BCUT2D eigenvalue weighted by molar-refractivity contribution is 6.02. The number of carbonyl (C=O) groups excluding carboxylic acids is 2. The molecule has 9 heteroatoms. The first-order valence-corrected chi connectivity index (χ1v) is 11.9. The maximum atomic E-state index is 12.4. The summed E-state index contributed by atoms with van der Waals surface area (Å²) in [4.78, 5) is 40.6. The minimum Gasteiger partial charge on any atom is -0.480 e. The fourth-order valence-corrected chi connectivity index (χ4v) is 5.88. The van der Waals surface area contributed by atoms with Crippen molar-refractivity contribution in [2.75, 3.05) is 31.1 Å². The van der Waals surface area contributed by atoms with Crippen molar-refractivity contribution in [1.82, 2.24) is 20.0 Å². The van der Waals surface area contributed by atoms with Crippen molar-refractivity contribution < 1.29 is 19.5 Å². The van der Waals surface area contributed by atoms with E-state index in [1.165, 1.54) is 0 Å². The number of aromatic nitrogens is 2. The van der Waals surface area contributed by atoms with E-state index in [9.17, 15) is 19.5 Å². The largest absolute Gasteiger partial charge is 0.480 e. The summed E-state index contributed by atoms with van der Waals surface area (Å²) in [6, 6.07) is 6.17. The second-order valence-corrected chi connectivity index (χ2v) is 9.59. The molecule has 9 nitrogen and oxygen atoms in total. The Balaban J connectivity index is 1.34. The minimum atomic E-state index is -0.701. The van der Waals surface area contributed by atoms with Gasteiger partial charge < -0.3 is 10.0 Å². The molecule has 1 aliphatic carbocycles. The number of rotatable bonds is 4. The number of carboxylic acids is 1. The zero-order valence-electron chi connectivity index (χ0n) is 19.0. The molecule has 1 atom stereocenters. The number of nitrogens with one attached hydrogen (secondary N) is 1. The Hall–Kier alpha value is -2.94. The number of amides is 2. The highest BCUT2D eigenvalue weighted by Gasteiger charge is 2.45. The number of aliphatic carboxylic acids is 1. The Morgan fingerprint density at radius 2 is 1.85 bits per heavy atom. The molecule has 3 heterocycles. The number of nitrogens with zero attached hydrogens (tertiary/aromatic N) is 4. The summed E-state index contributed by atoms with van der Waals surface area (Å²) in [5.74, 6) is -1.59. The van der Waals surface area contributed by atoms with Crippen LogP contribution in [0.5, 0.6) is 0 Å². The van der Waals surface area contributed by atoms with Gasteiger partial charge in [0.25, 0.3) is 0 Å². The van der Waals surface area contributed by atoms with Crippen molar-refractivity contribution in [2.45, 2.75) is 56.4 Å². The quantitative estimate of drug-likeness (QED) is 0.682. The van der Waals surface area contributed by atoms with Gasteiger partial charge in [-0.05, 0) is 37.5 Å². The van der Waals surface area contributed by atoms with Crippen LogP contribution < -0.4 is 10.2 Å². The fourth-order valence-electron chi connectivity index (χ4n) is 5.88. The van der Waals surface area contributed by atoms with Crippen LogP contribution in [0.3, 0.4) is 0 Å². The molecule has 2 saturated heterocycles. The maximum absolute atomic E-state index is 12.4. The third kappa shape index (κ3) is 3.78. The zero-order valence-corrected chi connectivity index (χ0v) is 19.0.